The van der Waals surface area contributed by atoms with Gasteiger partial charge in [0.25, 0.3) is 0 Å². The van der Waals surface area contributed by atoms with Gasteiger partial charge in [0, 0.05) is 6.61 Å². The van der Waals surface area contributed by atoms with Crippen LogP contribution in [0.2, 0.25) is 5.15 Å². The maximum Gasteiger partial charge on any atom is 0.162 e. The highest BCUT2D eigenvalue weighted by Crippen LogP contribution is 2.40. The van der Waals surface area contributed by atoms with Crippen molar-refractivity contribution >= 4 is 34.2 Å². The van der Waals surface area contributed by atoms with Crippen molar-refractivity contribution in [3.8, 4) is 0 Å². The Morgan fingerprint density at radius 2 is 1.90 bits per heavy atom. The van der Waals surface area contributed by atoms with Gasteiger partial charge in [-0.2, -0.15) is 0 Å². The van der Waals surface area contributed by atoms with E-state index in [1.807, 2.05) is 6.92 Å². The maximum atomic E-state index is 6.37. The molecule has 0 aromatic carbocycles. The number of aromatic nitrogens is 2. The van der Waals surface area contributed by atoms with Crippen LogP contribution in [0.5, 0.6) is 0 Å². The molecule has 0 atom stereocenters. The molecule has 1 heterocycles. The highest BCUT2D eigenvalue weighted by molar-refractivity contribution is 14.1. The highest BCUT2D eigenvalue weighted by Gasteiger charge is 2.38. The van der Waals surface area contributed by atoms with Crippen LogP contribution in [0.15, 0.2) is 0 Å². The third-order valence-electron chi connectivity index (χ3n) is 3.97. The second kappa shape index (κ2) is 7.55. The lowest BCUT2D eigenvalue weighted by Gasteiger charge is -2.36. The van der Waals surface area contributed by atoms with Crippen LogP contribution in [-0.2, 0) is 16.8 Å². The molecule has 0 spiro atoms. The van der Waals surface area contributed by atoms with Gasteiger partial charge in [0.1, 0.15) is 10.8 Å². The summed E-state index contributed by atoms with van der Waals surface area (Å²) in [6.07, 6.45) is 6.54. The molecular formula is C16H24ClIN2O. The van der Waals surface area contributed by atoms with E-state index in [1.165, 1.54) is 19.3 Å². The zero-order chi connectivity index (χ0) is 15.5. The van der Waals surface area contributed by atoms with Crippen LogP contribution in [0.1, 0.15) is 64.4 Å². The first-order valence-corrected chi connectivity index (χ1v) is 9.30. The predicted molar refractivity (Wildman–Crippen MR) is 94.7 cm³/mol. The van der Waals surface area contributed by atoms with E-state index < -0.39 is 0 Å². The molecule has 0 amide bonds. The van der Waals surface area contributed by atoms with E-state index in [-0.39, 0.29) is 5.60 Å². The summed E-state index contributed by atoms with van der Waals surface area (Å²) >= 11 is 8.62. The molecule has 0 N–H and O–H groups in total. The van der Waals surface area contributed by atoms with E-state index in [0.717, 1.165) is 34.4 Å². The summed E-state index contributed by atoms with van der Waals surface area (Å²) in [5.74, 6) is 1.34. The molecule has 0 bridgehead atoms. The van der Waals surface area contributed by atoms with Gasteiger partial charge < -0.3 is 4.74 Å². The van der Waals surface area contributed by atoms with Gasteiger partial charge >= 0.3 is 0 Å². The monoisotopic (exact) mass is 422 g/mol. The normalized spacial score (nSPS) is 18.2. The fourth-order valence-corrected chi connectivity index (χ4v) is 3.67. The smallest absolute Gasteiger partial charge is 0.162 e. The van der Waals surface area contributed by atoms with E-state index >= 15 is 0 Å². The minimum absolute atomic E-state index is 0.327. The van der Waals surface area contributed by atoms with E-state index in [2.05, 4.69) is 41.4 Å². The molecule has 1 aliphatic rings. The molecule has 21 heavy (non-hydrogen) atoms. The van der Waals surface area contributed by atoms with Crippen LogP contribution in [0, 0.1) is 9.49 Å². The molecule has 5 heteroatoms. The number of ether oxygens (including phenoxy) is 1. The van der Waals surface area contributed by atoms with Gasteiger partial charge in [-0.1, -0.05) is 44.7 Å². The van der Waals surface area contributed by atoms with E-state index in [4.69, 9.17) is 21.3 Å². The van der Waals surface area contributed by atoms with Gasteiger partial charge in [0.2, 0.25) is 0 Å². The molecule has 3 nitrogen and oxygen atoms in total. The molecule has 2 rings (SSSR count). The Morgan fingerprint density at radius 1 is 1.24 bits per heavy atom. The molecule has 0 aliphatic heterocycles. The summed E-state index contributed by atoms with van der Waals surface area (Å²) in [4.78, 5) is 9.44. The van der Waals surface area contributed by atoms with Crippen molar-refractivity contribution in [1.82, 2.24) is 9.97 Å². The molecule has 1 saturated carbocycles. The minimum Gasteiger partial charge on any atom is -0.367 e. The van der Waals surface area contributed by atoms with Crippen molar-refractivity contribution in [1.29, 1.82) is 0 Å². The van der Waals surface area contributed by atoms with Crippen molar-refractivity contribution in [2.75, 3.05) is 6.61 Å². The predicted octanol–water partition coefficient (Wildman–Crippen LogP) is 5.13. The average molecular weight is 423 g/mol. The third kappa shape index (κ3) is 4.08. The molecule has 0 radical (unpaired) electrons. The molecule has 1 fully saturated rings. The molecule has 118 valence electrons. The van der Waals surface area contributed by atoms with Crippen LogP contribution in [-0.4, -0.2) is 16.6 Å². The first-order valence-electron chi connectivity index (χ1n) is 7.85. The van der Waals surface area contributed by atoms with Crippen molar-refractivity contribution in [3.05, 3.63) is 20.2 Å². The molecule has 1 aromatic rings. The molecule has 0 saturated heterocycles. The molecular weight excluding hydrogens is 399 g/mol. The summed E-state index contributed by atoms with van der Waals surface area (Å²) in [6.45, 7) is 7.13. The fraction of sp³-hybridized carbons (Fsp3) is 0.750. The van der Waals surface area contributed by atoms with Crippen LogP contribution in [0.25, 0.3) is 0 Å². The number of rotatable bonds is 5. The Kier molecular flexibility index (Phi) is 6.26. The Hall–Kier alpha value is 0.0600. The Labute approximate surface area is 146 Å². The Morgan fingerprint density at radius 3 is 2.48 bits per heavy atom. The largest absolute Gasteiger partial charge is 0.367 e. The molecule has 0 unspecified atom stereocenters. The first-order chi connectivity index (χ1) is 9.98. The molecule has 1 aliphatic carbocycles. The first kappa shape index (κ1) is 17.4. The Balaban J connectivity index is 2.42. The second-order valence-corrected chi connectivity index (χ2v) is 7.62. The summed E-state index contributed by atoms with van der Waals surface area (Å²) in [7, 11) is 0. The number of nitrogens with zero attached hydrogens (tertiary/aromatic N) is 2. The summed E-state index contributed by atoms with van der Waals surface area (Å²) in [5.41, 5.74) is 0.734. The number of hydrogen-bond acceptors (Lipinski definition) is 3. The number of halogens is 2. The average Bonchev–Trinajstić information content (AvgIpc) is 2.44. The van der Waals surface area contributed by atoms with Crippen LogP contribution >= 0.6 is 34.2 Å². The highest BCUT2D eigenvalue weighted by atomic mass is 127. The van der Waals surface area contributed by atoms with Gasteiger partial charge in [-0.05, 0) is 54.7 Å². The van der Waals surface area contributed by atoms with E-state index in [9.17, 15) is 0 Å². The van der Waals surface area contributed by atoms with Gasteiger partial charge in [-0.3, -0.25) is 0 Å². The zero-order valence-electron chi connectivity index (χ0n) is 13.1. The quantitative estimate of drug-likeness (QED) is 0.487. The second-order valence-electron chi connectivity index (χ2n) is 6.18. The van der Waals surface area contributed by atoms with Gasteiger partial charge in [-0.15, -0.1) is 0 Å². The third-order valence-corrected chi connectivity index (χ3v) is 5.70. The Bertz CT molecular complexity index is 482. The van der Waals surface area contributed by atoms with E-state index in [0.29, 0.717) is 17.7 Å². The van der Waals surface area contributed by atoms with Crippen molar-refractivity contribution in [2.45, 2.75) is 64.9 Å². The minimum atomic E-state index is -0.327. The van der Waals surface area contributed by atoms with Gasteiger partial charge in [0.05, 0.1) is 9.26 Å². The lowest BCUT2D eigenvalue weighted by atomic mass is 9.83. The van der Waals surface area contributed by atoms with Crippen molar-refractivity contribution in [3.63, 3.8) is 0 Å². The summed E-state index contributed by atoms with van der Waals surface area (Å²) in [5, 5.41) is 0.570. The standard InChI is InChI=1S/C16H24ClIN2O/c1-4-21-16(8-6-5-7-9-16)15-19-12(10-11(2)3)13(18)14(17)20-15/h11H,4-10H2,1-3H3. The van der Waals surface area contributed by atoms with Crippen LogP contribution in [0.3, 0.4) is 0 Å². The molecule has 1 aromatic heterocycles. The van der Waals surface area contributed by atoms with E-state index in [1.54, 1.807) is 0 Å². The zero-order valence-corrected chi connectivity index (χ0v) is 16.0. The topological polar surface area (TPSA) is 35.0 Å². The SMILES string of the molecule is CCOC1(c2nc(Cl)c(I)c(CC(C)C)n2)CCCCC1. The van der Waals surface area contributed by atoms with Gasteiger partial charge in [0.15, 0.2) is 5.82 Å². The van der Waals surface area contributed by atoms with Crippen molar-refractivity contribution in [2.24, 2.45) is 5.92 Å². The maximum absolute atomic E-state index is 6.37. The summed E-state index contributed by atoms with van der Waals surface area (Å²) < 4.78 is 7.11. The summed E-state index contributed by atoms with van der Waals surface area (Å²) in [6, 6.07) is 0. The van der Waals surface area contributed by atoms with Crippen LogP contribution < -0.4 is 0 Å². The lowest BCUT2D eigenvalue weighted by Crippen LogP contribution is -2.35. The van der Waals surface area contributed by atoms with Crippen LogP contribution in [0.4, 0.5) is 0 Å². The van der Waals surface area contributed by atoms with Crippen molar-refractivity contribution < 1.29 is 4.74 Å². The lowest BCUT2D eigenvalue weighted by molar-refractivity contribution is -0.0768. The van der Waals surface area contributed by atoms with Gasteiger partial charge in [-0.25, -0.2) is 9.97 Å². The number of hydrogen-bond donors (Lipinski definition) is 0. The fourth-order valence-electron chi connectivity index (χ4n) is 3.02.